The molecule has 26 heavy (non-hydrogen) atoms. The molecule has 1 heterocycles. The molecule has 2 aliphatic carbocycles. The van der Waals surface area contributed by atoms with E-state index in [2.05, 4.69) is 9.88 Å². The molecule has 6 heteroatoms. The zero-order valence-corrected chi connectivity index (χ0v) is 16.2. The molecule has 3 rings (SSSR count). The van der Waals surface area contributed by atoms with Gasteiger partial charge in [-0.05, 0) is 44.2 Å². The second-order valence-electron chi connectivity index (χ2n) is 7.16. The second kappa shape index (κ2) is 9.40. The normalized spacial score (nSPS) is 22.7. The van der Waals surface area contributed by atoms with Gasteiger partial charge in [-0.1, -0.05) is 19.3 Å². The molecular formula is C20H28N2O3S. The molecule has 0 spiro atoms. The minimum absolute atomic E-state index is 0.0123. The zero-order valence-electron chi connectivity index (χ0n) is 15.4. The van der Waals surface area contributed by atoms with Crippen molar-refractivity contribution < 1.29 is 14.3 Å². The van der Waals surface area contributed by atoms with Gasteiger partial charge < -0.3 is 9.64 Å². The van der Waals surface area contributed by atoms with Crippen LogP contribution in [0.3, 0.4) is 0 Å². The predicted octanol–water partition coefficient (Wildman–Crippen LogP) is 3.53. The van der Waals surface area contributed by atoms with E-state index in [0.717, 1.165) is 24.2 Å². The highest BCUT2D eigenvalue weighted by Gasteiger charge is 2.46. The summed E-state index contributed by atoms with van der Waals surface area (Å²) in [5.41, 5.74) is 0. The summed E-state index contributed by atoms with van der Waals surface area (Å²) in [4.78, 5) is 32.0. The highest BCUT2D eigenvalue weighted by molar-refractivity contribution is 8.00. The number of thioether (sulfide) groups is 1. The Hall–Kier alpha value is -1.56. The third-order valence-corrected chi connectivity index (χ3v) is 6.29. The molecule has 2 fully saturated rings. The third kappa shape index (κ3) is 5.22. The van der Waals surface area contributed by atoms with Gasteiger partial charge in [0.15, 0.2) is 0 Å². The summed E-state index contributed by atoms with van der Waals surface area (Å²) in [6, 6.07) is 4.19. The molecule has 2 atom stereocenters. The summed E-state index contributed by atoms with van der Waals surface area (Å²) in [7, 11) is 0. The van der Waals surface area contributed by atoms with E-state index in [4.69, 9.17) is 4.74 Å². The molecule has 2 saturated carbocycles. The lowest BCUT2D eigenvalue weighted by Gasteiger charge is -2.34. The summed E-state index contributed by atoms with van der Waals surface area (Å²) in [5, 5.41) is 0. The van der Waals surface area contributed by atoms with Crippen LogP contribution in [0.25, 0.3) is 0 Å². The van der Waals surface area contributed by atoms with E-state index in [0.29, 0.717) is 24.9 Å². The lowest BCUT2D eigenvalue weighted by molar-refractivity contribution is -0.145. The van der Waals surface area contributed by atoms with Crippen molar-refractivity contribution in [2.24, 2.45) is 11.8 Å². The molecule has 0 saturated heterocycles. The number of pyridine rings is 1. The lowest BCUT2D eigenvalue weighted by Crippen LogP contribution is -2.44. The van der Waals surface area contributed by atoms with Crippen LogP contribution in [0.15, 0.2) is 29.4 Å². The van der Waals surface area contributed by atoms with E-state index in [1.54, 1.807) is 24.2 Å². The van der Waals surface area contributed by atoms with Gasteiger partial charge in [0.2, 0.25) is 5.91 Å². The maximum absolute atomic E-state index is 13.0. The van der Waals surface area contributed by atoms with Crippen molar-refractivity contribution in [2.45, 2.75) is 56.4 Å². The van der Waals surface area contributed by atoms with Gasteiger partial charge in [-0.25, -0.2) is 0 Å². The smallest absolute Gasteiger partial charge is 0.309 e. The molecule has 0 aromatic carbocycles. The first kappa shape index (κ1) is 19.2. The summed E-state index contributed by atoms with van der Waals surface area (Å²) in [5.74, 6) is 0.789. The molecule has 5 nitrogen and oxygen atoms in total. The van der Waals surface area contributed by atoms with Crippen LogP contribution in [0.2, 0.25) is 0 Å². The number of rotatable bonds is 8. The van der Waals surface area contributed by atoms with Crippen molar-refractivity contribution >= 4 is 23.6 Å². The van der Waals surface area contributed by atoms with Crippen molar-refractivity contribution in [3.8, 4) is 0 Å². The van der Waals surface area contributed by atoms with Crippen LogP contribution >= 0.6 is 11.8 Å². The average Bonchev–Trinajstić information content (AvgIpc) is 3.45. The molecule has 0 N–H and O–H groups in total. The van der Waals surface area contributed by atoms with Crippen LogP contribution in [-0.2, 0) is 14.3 Å². The molecule has 0 unspecified atom stereocenters. The predicted molar refractivity (Wildman–Crippen MR) is 102 cm³/mol. The van der Waals surface area contributed by atoms with Gasteiger partial charge in [-0.2, -0.15) is 0 Å². The van der Waals surface area contributed by atoms with Crippen molar-refractivity contribution in [2.75, 3.05) is 18.9 Å². The van der Waals surface area contributed by atoms with Crippen molar-refractivity contribution in [3.05, 3.63) is 24.5 Å². The van der Waals surface area contributed by atoms with Crippen LogP contribution in [0.1, 0.15) is 45.4 Å². The Balaban J connectivity index is 1.58. The average molecular weight is 377 g/mol. The van der Waals surface area contributed by atoms with Gasteiger partial charge in [0, 0.05) is 29.9 Å². The van der Waals surface area contributed by atoms with Gasteiger partial charge in [0.25, 0.3) is 0 Å². The van der Waals surface area contributed by atoms with Gasteiger partial charge >= 0.3 is 5.97 Å². The van der Waals surface area contributed by atoms with E-state index in [9.17, 15) is 9.59 Å². The summed E-state index contributed by atoms with van der Waals surface area (Å²) < 4.78 is 5.14. The molecule has 0 aliphatic heterocycles. The van der Waals surface area contributed by atoms with Gasteiger partial charge in [0.05, 0.1) is 18.3 Å². The Morgan fingerprint density at radius 1 is 1.23 bits per heavy atom. The Kier molecular flexibility index (Phi) is 6.94. The Bertz CT molecular complexity index is 604. The van der Waals surface area contributed by atoms with E-state index >= 15 is 0 Å². The summed E-state index contributed by atoms with van der Waals surface area (Å²) >= 11 is 1.56. The maximum atomic E-state index is 13.0. The highest BCUT2D eigenvalue weighted by Crippen LogP contribution is 2.41. The third-order valence-electron chi connectivity index (χ3n) is 5.29. The Morgan fingerprint density at radius 2 is 1.96 bits per heavy atom. The minimum atomic E-state index is -0.0975. The SMILES string of the molecule is CCOC(=O)[C@@H]1C[C@@H]1CN(C(=O)CSc1ccncc1)C1CCCCC1. The molecule has 0 radical (unpaired) electrons. The van der Waals surface area contributed by atoms with E-state index in [1.807, 2.05) is 19.1 Å². The van der Waals surface area contributed by atoms with Crippen LogP contribution in [0.5, 0.6) is 0 Å². The molecule has 1 aromatic rings. The van der Waals surface area contributed by atoms with E-state index < -0.39 is 0 Å². The highest BCUT2D eigenvalue weighted by atomic mass is 32.2. The largest absolute Gasteiger partial charge is 0.466 e. The monoisotopic (exact) mass is 376 g/mol. The van der Waals surface area contributed by atoms with Crippen LogP contribution in [-0.4, -0.2) is 46.7 Å². The fraction of sp³-hybridized carbons (Fsp3) is 0.650. The molecule has 1 aromatic heterocycles. The second-order valence-corrected chi connectivity index (χ2v) is 8.21. The van der Waals surface area contributed by atoms with Crippen molar-refractivity contribution in [1.82, 2.24) is 9.88 Å². The minimum Gasteiger partial charge on any atom is -0.466 e. The number of aromatic nitrogens is 1. The quantitative estimate of drug-likeness (QED) is 0.513. The number of nitrogens with zero attached hydrogens (tertiary/aromatic N) is 2. The standard InChI is InChI=1S/C20H28N2O3S/c1-2-25-20(24)18-12-15(18)13-22(16-6-4-3-5-7-16)19(23)14-26-17-8-10-21-11-9-17/h8-11,15-16,18H,2-7,12-14H2,1H3/t15-,18-/m1/s1. The van der Waals surface area contributed by atoms with Gasteiger partial charge in [0.1, 0.15) is 0 Å². The van der Waals surface area contributed by atoms with Gasteiger partial charge in [-0.15, -0.1) is 11.8 Å². The fourth-order valence-electron chi connectivity index (χ4n) is 3.75. The van der Waals surface area contributed by atoms with Gasteiger partial charge in [-0.3, -0.25) is 14.6 Å². The summed E-state index contributed by atoms with van der Waals surface area (Å²) in [6.07, 6.45) is 10.2. The van der Waals surface area contributed by atoms with Crippen molar-refractivity contribution in [3.63, 3.8) is 0 Å². The van der Waals surface area contributed by atoms with Crippen LogP contribution in [0, 0.1) is 11.8 Å². The van der Waals surface area contributed by atoms with Crippen LogP contribution in [0.4, 0.5) is 0 Å². The number of esters is 1. The summed E-state index contributed by atoms with van der Waals surface area (Å²) in [6.45, 7) is 2.96. The zero-order chi connectivity index (χ0) is 18.4. The Labute approximate surface area is 159 Å². The lowest BCUT2D eigenvalue weighted by atomic mass is 9.94. The van der Waals surface area contributed by atoms with Crippen molar-refractivity contribution in [1.29, 1.82) is 0 Å². The number of carbonyl (C=O) groups is 2. The molecule has 2 aliphatic rings. The molecule has 142 valence electrons. The number of carbonyl (C=O) groups excluding carboxylic acids is 2. The topological polar surface area (TPSA) is 59.5 Å². The van der Waals surface area contributed by atoms with E-state index in [-0.39, 0.29) is 23.7 Å². The fourth-order valence-corrected chi connectivity index (χ4v) is 4.52. The first-order chi connectivity index (χ1) is 12.7. The molecular weight excluding hydrogens is 348 g/mol. The number of hydrogen-bond acceptors (Lipinski definition) is 5. The van der Waals surface area contributed by atoms with E-state index in [1.165, 1.54) is 19.3 Å². The number of ether oxygens (including phenoxy) is 1. The molecule has 0 bridgehead atoms. The Morgan fingerprint density at radius 3 is 2.65 bits per heavy atom. The maximum Gasteiger partial charge on any atom is 0.309 e. The number of amides is 1. The number of hydrogen-bond donors (Lipinski definition) is 0. The first-order valence-electron chi connectivity index (χ1n) is 9.68. The molecule has 1 amide bonds. The first-order valence-corrected chi connectivity index (χ1v) is 10.7. The van der Waals surface area contributed by atoms with Crippen LogP contribution < -0.4 is 0 Å².